The van der Waals surface area contributed by atoms with Crippen LogP contribution >= 0.6 is 11.6 Å². The van der Waals surface area contributed by atoms with E-state index in [9.17, 15) is 8.78 Å². The van der Waals surface area contributed by atoms with E-state index in [-0.39, 0.29) is 11.4 Å². The maximum absolute atomic E-state index is 14.0. The van der Waals surface area contributed by atoms with Crippen LogP contribution in [0.1, 0.15) is 11.1 Å². The van der Waals surface area contributed by atoms with E-state index in [2.05, 4.69) is 11.8 Å². The summed E-state index contributed by atoms with van der Waals surface area (Å²) in [6.07, 6.45) is 0. The lowest BCUT2D eigenvalue weighted by atomic mass is 10.1. The van der Waals surface area contributed by atoms with Gasteiger partial charge in [0.05, 0.1) is 11.4 Å². The summed E-state index contributed by atoms with van der Waals surface area (Å²) in [5.41, 5.74) is 0.469. The van der Waals surface area contributed by atoms with Gasteiger partial charge in [-0.15, -0.1) is 11.6 Å². The molecule has 108 valence electrons. The molecule has 2 aromatic carbocycles. The van der Waals surface area contributed by atoms with Gasteiger partial charge in [-0.2, -0.15) is 8.78 Å². The molecule has 0 bridgehead atoms. The van der Waals surface area contributed by atoms with E-state index < -0.39 is 12.5 Å². The summed E-state index contributed by atoms with van der Waals surface area (Å²) < 4.78 is 33.3. The van der Waals surface area contributed by atoms with Gasteiger partial charge in [0.2, 0.25) is 0 Å². The van der Waals surface area contributed by atoms with E-state index in [1.165, 1.54) is 12.1 Å². The highest BCUT2D eigenvalue weighted by molar-refractivity contribution is 6.19. The average molecular weight is 307 g/mol. The summed E-state index contributed by atoms with van der Waals surface area (Å²) in [5.74, 6) is 2.91. The quantitative estimate of drug-likeness (QED) is 0.599. The van der Waals surface area contributed by atoms with Crippen LogP contribution in [0.15, 0.2) is 54.6 Å². The zero-order valence-electron chi connectivity index (χ0n) is 11.2. The summed E-state index contributed by atoms with van der Waals surface area (Å²) in [6, 6.07) is 14.4. The van der Waals surface area contributed by atoms with Crippen LogP contribution in [0.3, 0.4) is 0 Å². The molecule has 0 unspecified atom stereocenters. The van der Waals surface area contributed by atoms with Gasteiger partial charge in [-0.05, 0) is 12.1 Å². The molecule has 0 saturated heterocycles. The van der Waals surface area contributed by atoms with Gasteiger partial charge in [-0.3, -0.25) is 0 Å². The van der Waals surface area contributed by atoms with Crippen LogP contribution < -0.4 is 4.74 Å². The lowest BCUT2D eigenvalue weighted by molar-refractivity contribution is -0.0467. The third kappa shape index (κ3) is 4.21. The standard InChI is InChI=1S/C17H13ClF2O/c18-12-6-8-14-7-4-5-11-16(14)21-13-17(19,20)15-9-2-1-3-10-15/h1-5,7,9-11H,12-13H2. The first-order chi connectivity index (χ1) is 10.1. The molecule has 0 radical (unpaired) electrons. The Hall–Kier alpha value is -2.05. The molecule has 0 aromatic heterocycles. The summed E-state index contributed by atoms with van der Waals surface area (Å²) in [5, 5.41) is 0. The molecular formula is C17H13ClF2O. The van der Waals surface area contributed by atoms with E-state index in [1.807, 2.05) is 0 Å². The lowest BCUT2D eigenvalue weighted by Gasteiger charge is -2.18. The first kappa shape index (κ1) is 15.3. The fraction of sp³-hybridized carbons (Fsp3) is 0.176. The molecule has 1 nitrogen and oxygen atoms in total. The van der Waals surface area contributed by atoms with Gasteiger partial charge in [-0.25, -0.2) is 0 Å². The number of alkyl halides is 3. The van der Waals surface area contributed by atoms with Crippen LogP contribution in [0.5, 0.6) is 5.75 Å². The van der Waals surface area contributed by atoms with Crippen molar-refractivity contribution >= 4 is 11.6 Å². The highest BCUT2D eigenvalue weighted by Gasteiger charge is 2.32. The van der Waals surface area contributed by atoms with Crippen molar-refractivity contribution in [2.24, 2.45) is 0 Å². The minimum atomic E-state index is -3.06. The van der Waals surface area contributed by atoms with Crippen molar-refractivity contribution in [3.63, 3.8) is 0 Å². The van der Waals surface area contributed by atoms with Crippen LogP contribution in [0.25, 0.3) is 0 Å². The van der Waals surface area contributed by atoms with Gasteiger partial charge in [-0.1, -0.05) is 54.3 Å². The molecule has 0 saturated carbocycles. The van der Waals surface area contributed by atoms with Gasteiger partial charge in [0.1, 0.15) is 5.75 Å². The number of hydrogen-bond donors (Lipinski definition) is 0. The molecule has 2 rings (SSSR count). The first-order valence-electron chi connectivity index (χ1n) is 6.33. The predicted octanol–water partition coefficient (Wildman–Crippen LogP) is 4.45. The Kier molecular flexibility index (Phi) is 5.19. The fourth-order valence-corrected chi connectivity index (χ4v) is 1.82. The number of benzene rings is 2. The van der Waals surface area contributed by atoms with Crippen molar-refractivity contribution in [3.8, 4) is 17.6 Å². The summed E-state index contributed by atoms with van der Waals surface area (Å²) in [4.78, 5) is 0. The fourth-order valence-electron chi connectivity index (χ4n) is 1.76. The van der Waals surface area contributed by atoms with Crippen molar-refractivity contribution in [3.05, 3.63) is 65.7 Å². The molecule has 0 N–H and O–H groups in total. The van der Waals surface area contributed by atoms with E-state index >= 15 is 0 Å². The number of halogens is 3. The molecule has 21 heavy (non-hydrogen) atoms. The maximum atomic E-state index is 14.0. The number of para-hydroxylation sites is 1. The summed E-state index contributed by atoms with van der Waals surface area (Å²) >= 11 is 5.50. The van der Waals surface area contributed by atoms with Crippen LogP contribution in [0.2, 0.25) is 0 Å². The number of rotatable bonds is 4. The van der Waals surface area contributed by atoms with E-state index in [0.29, 0.717) is 11.3 Å². The molecule has 0 aliphatic carbocycles. The van der Waals surface area contributed by atoms with Gasteiger partial charge in [0.25, 0.3) is 0 Å². The van der Waals surface area contributed by atoms with Crippen molar-refractivity contribution in [2.75, 3.05) is 12.5 Å². The normalized spacial score (nSPS) is 10.6. The molecule has 2 aromatic rings. The average Bonchev–Trinajstić information content (AvgIpc) is 2.52. The molecule has 0 aliphatic heterocycles. The van der Waals surface area contributed by atoms with Gasteiger partial charge in [0.15, 0.2) is 6.61 Å². The second-order valence-corrected chi connectivity index (χ2v) is 4.56. The molecule has 0 fully saturated rings. The van der Waals surface area contributed by atoms with Crippen LogP contribution in [-0.4, -0.2) is 12.5 Å². The first-order valence-corrected chi connectivity index (χ1v) is 6.87. The Labute approximate surface area is 127 Å². The van der Waals surface area contributed by atoms with Crippen molar-refractivity contribution < 1.29 is 13.5 Å². The Bertz CT molecular complexity index is 645. The SMILES string of the molecule is FC(F)(COc1ccccc1C#CCCl)c1ccccc1. The van der Waals surface area contributed by atoms with Crippen molar-refractivity contribution in [1.82, 2.24) is 0 Å². The van der Waals surface area contributed by atoms with E-state index in [1.54, 1.807) is 42.5 Å². The topological polar surface area (TPSA) is 9.23 Å². The van der Waals surface area contributed by atoms with Crippen LogP contribution in [-0.2, 0) is 5.92 Å². The molecule has 0 spiro atoms. The Balaban J connectivity index is 2.13. The van der Waals surface area contributed by atoms with Gasteiger partial charge < -0.3 is 4.74 Å². The third-order valence-corrected chi connectivity index (χ3v) is 2.92. The minimum Gasteiger partial charge on any atom is -0.486 e. The molecule has 0 amide bonds. The molecule has 0 aliphatic rings. The van der Waals surface area contributed by atoms with Crippen LogP contribution in [0.4, 0.5) is 8.78 Å². The number of ether oxygens (including phenoxy) is 1. The smallest absolute Gasteiger partial charge is 0.306 e. The molecule has 0 atom stereocenters. The monoisotopic (exact) mass is 306 g/mol. The number of hydrogen-bond acceptors (Lipinski definition) is 1. The van der Waals surface area contributed by atoms with Crippen molar-refractivity contribution in [2.45, 2.75) is 5.92 Å². The Morgan fingerprint density at radius 2 is 1.67 bits per heavy atom. The molecule has 4 heteroatoms. The van der Waals surface area contributed by atoms with Crippen molar-refractivity contribution in [1.29, 1.82) is 0 Å². The van der Waals surface area contributed by atoms with Gasteiger partial charge >= 0.3 is 5.92 Å². The molecule has 0 heterocycles. The second-order valence-electron chi connectivity index (χ2n) is 4.29. The predicted molar refractivity (Wildman–Crippen MR) is 79.9 cm³/mol. The Morgan fingerprint density at radius 1 is 1.00 bits per heavy atom. The Morgan fingerprint density at radius 3 is 2.38 bits per heavy atom. The largest absolute Gasteiger partial charge is 0.486 e. The maximum Gasteiger partial charge on any atom is 0.306 e. The summed E-state index contributed by atoms with van der Waals surface area (Å²) in [7, 11) is 0. The zero-order chi connectivity index (χ0) is 15.1. The zero-order valence-corrected chi connectivity index (χ0v) is 11.9. The minimum absolute atomic E-state index is 0.0747. The molecular weight excluding hydrogens is 294 g/mol. The van der Waals surface area contributed by atoms with E-state index in [4.69, 9.17) is 16.3 Å². The lowest BCUT2D eigenvalue weighted by Crippen LogP contribution is -2.23. The highest BCUT2D eigenvalue weighted by Crippen LogP contribution is 2.29. The van der Waals surface area contributed by atoms with Gasteiger partial charge in [0, 0.05) is 5.56 Å². The second kappa shape index (κ2) is 7.10. The highest BCUT2D eigenvalue weighted by atomic mass is 35.5. The third-order valence-electron chi connectivity index (χ3n) is 2.78. The van der Waals surface area contributed by atoms with Crippen LogP contribution in [0, 0.1) is 11.8 Å². The van der Waals surface area contributed by atoms with E-state index in [0.717, 1.165) is 0 Å². The summed E-state index contributed by atoms with van der Waals surface area (Å²) in [6.45, 7) is -0.740.